The normalized spacial score (nSPS) is 13.0. The van der Waals surface area contributed by atoms with E-state index in [0.29, 0.717) is 53.0 Å². The Morgan fingerprint density at radius 3 is 2.19 bits per heavy atom. The topological polar surface area (TPSA) is 166 Å². The standard InChI is InChI=1S/C36H30FN7O4/c37-24-8-12-26(13-9-24)44(34(47)36(20-21-36)33(39)46)27-14-16-28(17-15-27)48-32-19-22-40-35(43-32)41-25-10-5-23(6-11-25)7-18-31(45)42-30-4-2-1-3-29(30)38/h1-19,22H,20-21,38H2,(H2,39,46)(H,42,45)(H,40,41,43)/b18-7+. The summed E-state index contributed by atoms with van der Waals surface area (Å²) in [5, 5.41) is 5.87. The highest BCUT2D eigenvalue weighted by molar-refractivity contribution is 6.16. The van der Waals surface area contributed by atoms with Gasteiger partial charge in [0.25, 0.3) is 0 Å². The summed E-state index contributed by atoms with van der Waals surface area (Å²) in [6.45, 7) is 0. The first-order valence-corrected chi connectivity index (χ1v) is 14.9. The van der Waals surface area contributed by atoms with Crippen molar-refractivity contribution in [1.29, 1.82) is 0 Å². The van der Waals surface area contributed by atoms with Gasteiger partial charge >= 0.3 is 0 Å². The van der Waals surface area contributed by atoms with Gasteiger partial charge in [-0.1, -0.05) is 24.3 Å². The lowest BCUT2D eigenvalue weighted by Gasteiger charge is -2.26. The first-order chi connectivity index (χ1) is 23.2. The van der Waals surface area contributed by atoms with Gasteiger partial charge in [-0.3, -0.25) is 19.3 Å². The van der Waals surface area contributed by atoms with Gasteiger partial charge in [-0.2, -0.15) is 4.98 Å². The Labute approximate surface area is 275 Å². The number of carbonyl (C=O) groups excluding carboxylic acids is 3. The molecule has 1 aliphatic carbocycles. The first-order valence-electron chi connectivity index (χ1n) is 14.9. The second-order valence-electron chi connectivity index (χ2n) is 11.0. The molecule has 1 heterocycles. The maximum Gasteiger partial charge on any atom is 0.248 e. The van der Waals surface area contributed by atoms with Crippen molar-refractivity contribution in [3.05, 3.63) is 127 Å². The van der Waals surface area contributed by atoms with Crippen LogP contribution in [0, 0.1) is 11.2 Å². The zero-order chi connectivity index (χ0) is 33.7. The Morgan fingerprint density at radius 1 is 0.875 bits per heavy atom. The molecule has 1 saturated carbocycles. The summed E-state index contributed by atoms with van der Waals surface area (Å²) < 4.78 is 19.6. The Hall–Kier alpha value is -6.56. The number of para-hydroxylation sites is 2. The molecule has 3 amide bonds. The third-order valence-corrected chi connectivity index (χ3v) is 7.68. The summed E-state index contributed by atoms with van der Waals surface area (Å²) in [5.41, 5.74) is 13.6. The zero-order valence-electron chi connectivity index (χ0n) is 25.5. The smallest absolute Gasteiger partial charge is 0.248 e. The highest BCUT2D eigenvalue weighted by Gasteiger charge is 2.57. The van der Waals surface area contributed by atoms with Crippen molar-refractivity contribution < 1.29 is 23.5 Å². The molecule has 11 nitrogen and oxygen atoms in total. The lowest BCUT2D eigenvalue weighted by Crippen LogP contribution is -2.41. The molecule has 6 N–H and O–H groups in total. The molecule has 0 spiro atoms. The second kappa shape index (κ2) is 13.4. The third kappa shape index (κ3) is 7.12. The first kappa shape index (κ1) is 31.4. The van der Waals surface area contributed by atoms with Crippen LogP contribution in [0.1, 0.15) is 18.4 Å². The minimum atomic E-state index is -1.28. The Morgan fingerprint density at radius 2 is 1.54 bits per heavy atom. The fraction of sp³-hybridized carbons (Fsp3) is 0.0833. The lowest BCUT2D eigenvalue weighted by atomic mass is 10.0. The van der Waals surface area contributed by atoms with Gasteiger partial charge in [0.1, 0.15) is 17.0 Å². The van der Waals surface area contributed by atoms with Crippen molar-refractivity contribution >= 4 is 58.2 Å². The van der Waals surface area contributed by atoms with Crippen molar-refractivity contribution in [2.75, 3.05) is 21.3 Å². The number of nitrogens with two attached hydrogens (primary N) is 2. The van der Waals surface area contributed by atoms with E-state index in [0.717, 1.165) is 5.56 Å². The molecular weight excluding hydrogens is 613 g/mol. The summed E-state index contributed by atoms with van der Waals surface area (Å²) in [5.74, 6) is -0.917. The molecule has 0 aliphatic heterocycles. The van der Waals surface area contributed by atoms with Crippen LogP contribution in [-0.4, -0.2) is 27.7 Å². The molecule has 48 heavy (non-hydrogen) atoms. The average molecular weight is 644 g/mol. The number of hydrogen-bond acceptors (Lipinski definition) is 8. The summed E-state index contributed by atoms with van der Waals surface area (Å²) in [6, 6.07) is 28.0. The van der Waals surface area contributed by atoms with Crippen LogP contribution in [-0.2, 0) is 14.4 Å². The summed E-state index contributed by atoms with van der Waals surface area (Å²) in [6.07, 6.45) is 5.37. The van der Waals surface area contributed by atoms with E-state index in [4.69, 9.17) is 16.2 Å². The van der Waals surface area contributed by atoms with Crippen molar-refractivity contribution in [1.82, 2.24) is 9.97 Å². The fourth-order valence-corrected chi connectivity index (χ4v) is 4.89. The van der Waals surface area contributed by atoms with E-state index < -0.39 is 23.0 Å². The zero-order valence-corrected chi connectivity index (χ0v) is 25.5. The predicted molar refractivity (Wildman–Crippen MR) is 181 cm³/mol. The number of benzene rings is 4. The van der Waals surface area contributed by atoms with E-state index in [1.165, 1.54) is 35.2 Å². The van der Waals surface area contributed by atoms with Crippen LogP contribution < -0.4 is 31.7 Å². The average Bonchev–Trinajstić information content (AvgIpc) is 3.90. The van der Waals surface area contributed by atoms with Crippen LogP contribution in [0.5, 0.6) is 11.6 Å². The van der Waals surface area contributed by atoms with E-state index in [9.17, 15) is 18.8 Å². The van der Waals surface area contributed by atoms with Gasteiger partial charge in [0.05, 0.1) is 11.4 Å². The second-order valence-corrected chi connectivity index (χ2v) is 11.0. The molecule has 0 atom stereocenters. The van der Waals surface area contributed by atoms with Gasteiger partial charge in [0, 0.05) is 35.4 Å². The van der Waals surface area contributed by atoms with E-state index in [1.807, 2.05) is 24.3 Å². The SMILES string of the molecule is NC(=O)C1(C(=O)N(c2ccc(F)cc2)c2ccc(Oc3ccnc(Nc4ccc(/C=C/C(=O)Nc5ccccc5N)cc4)n3)cc2)CC1. The Balaban J connectivity index is 1.10. The number of hydrogen-bond donors (Lipinski definition) is 4. The Kier molecular flexibility index (Phi) is 8.79. The fourth-order valence-electron chi connectivity index (χ4n) is 4.89. The largest absolute Gasteiger partial charge is 0.439 e. The van der Waals surface area contributed by atoms with E-state index in [1.54, 1.807) is 66.9 Å². The maximum atomic E-state index is 13.6. The molecule has 1 aromatic heterocycles. The molecule has 0 bridgehead atoms. The quantitative estimate of drug-likeness (QED) is 0.0738. The number of nitrogens with zero attached hydrogens (tertiary/aromatic N) is 3. The van der Waals surface area contributed by atoms with E-state index in [-0.39, 0.29) is 11.8 Å². The molecule has 6 rings (SSSR count). The van der Waals surface area contributed by atoms with E-state index >= 15 is 0 Å². The number of nitrogens with one attached hydrogen (secondary N) is 2. The van der Waals surface area contributed by atoms with Gasteiger partial charge in [0.2, 0.25) is 29.5 Å². The van der Waals surface area contributed by atoms with Crippen LogP contribution in [0.15, 0.2) is 115 Å². The Bertz CT molecular complexity index is 2000. The maximum absolute atomic E-state index is 13.6. The molecule has 0 saturated heterocycles. The number of aromatic nitrogens is 2. The third-order valence-electron chi connectivity index (χ3n) is 7.68. The van der Waals surface area contributed by atoms with Crippen molar-refractivity contribution in [3.63, 3.8) is 0 Å². The number of amides is 3. The van der Waals surface area contributed by atoms with Gasteiger partial charge in [-0.05, 0) is 97.3 Å². The number of carbonyl (C=O) groups is 3. The van der Waals surface area contributed by atoms with Crippen LogP contribution >= 0.6 is 0 Å². The number of nitrogen functional groups attached to an aromatic ring is 1. The summed E-state index contributed by atoms with van der Waals surface area (Å²) >= 11 is 0. The van der Waals surface area contributed by atoms with Gasteiger partial charge in [-0.25, -0.2) is 9.37 Å². The monoisotopic (exact) mass is 643 g/mol. The highest BCUT2D eigenvalue weighted by Crippen LogP contribution is 2.49. The highest BCUT2D eigenvalue weighted by atomic mass is 19.1. The molecule has 12 heteroatoms. The molecule has 1 aliphatic rings. The molecular formula is C36H30FN7O4. The summed E-state index contributed by atoms with van der Waals surface area (Å²) in [4.78, 5) is 48.0. The van der Waals surface area contributed by atoms with Crippen LogP contribution in [0.25, 0.3) is 6.08 Å². The van der Waals surface area contributed by atoms with Gasteiger partial charge in [0.15, 0.2) is 0 Å². The van der Waals surface area contributed by atoms with Crippen molar-refractivity contribution in [3.8, 4) is 11.6 Å². The van der Waals surface area contributed by atoms with Crippen LogP contribution in [0.4, 0.5) is 38.8 Å². The molecule has 4 aromatic carbocycles. The molecule has 0 unspecified atom stereocenters. The lowest BCUT2D eigenvalue weighted by molar-refractivity contribution is -0.133. The van der Waals surface area contributed by atoms with Gasteiger partial charge in [-0.15, -0.1) is 0 Å². The van der Waals surface area contributed by atoms with Crippen molar-refractivity contribution in [2.24, 2.45) is 11.1 Å². The number of ether oxygens (including phenoxy) is 1. The number of primary amides is 1. The number of anilines is 6. The molecule has 0 radical (unpaired) electrons. The van der Waals surface area contributed by atoms with Gasteiger partial charge < -0.3 is 26.8 Å². The minimum absolute atomic E-state index is 0.266. The van der Waals surface area contributed by atoms with Crippen LogP contribution in [0.2, 0.25) is 0 Å². The van der Waals surface area contributed by atoms with Crippen molar-refractivity contribution in [2.45, 2.75) is 12.8 Å². The molecule has 5 aromatic rings. The predicted octanol–water partition coefficient (Wildman–Crippen LogP) is 6.32. The summed E-state index contributed by atoms with van der Waals surface area (Å²) in [7, 11) is 0. The number of rotatable bonds is 11. The number of halogens is 1. The van der Waals surface area contributed by atoms with E-state index in [2.05, 4.69) is 20.6 Å². The van der Waals surface area contributed by atoms with Crippen LogP contribution in [0.3, 0.4) is 0 Å². The molecule has 240 valence electrons. The molecule has 1 fully saturated rings. The minimum Gasteiger partial charge on any atom is -0.439 e.